The number of aromatic nitrogens is 2. The number of primary amides is 1. The fraction of sp³-hybridized carbons (Fsp3) is 0.167. The number of carbonyl (C=O) groups excluding carboxylic acids is 2. The first-order chi connectivity index (χ1) is 11.5. The van der Waals surface area contributed by atoms with Crippen LogP contribution in [0.25, 0.3) is 16.5 Å². The quantitative estimate of drug-likeness (QED) is 0.723. The highest BCUT2D eigenvalue weighted by atomic mass is 16.2. The number of carbonyl (C=O) groups is 2. The van der Waals surface area contributed by atoms with E-state index in [1.54, 1.807) is 13.1 Å². The van der Waals surface area contributed by atoms with Crippen molar-refractivity contribution in [1.82, 2.24) is 15.1 Å². The summed E-state index contributed by atoms with van der Waals surface area (Å²) in [5.74, 6) is -1.80. The fourth-order valence-electron chi connectivity index (χ4n) is 2.83. The molecular formula is C18H18N4O2. The zero-order valence-electron chi connectivity index (χ0n) is 13.5. The molecule has 1 aromatic heterocycles. The van der Waals surface area contributed by atoms with Crippen LogP contribution in [0, 0.1) is 6.92 Å². The molecule has 0 aliphatic heterocycles. The van der Waals surface area contributed by atoms with Gasteiger partial charge >= 0.3 is 11.8 Å². The van der Waals surface area contributed by atoms with Gasteiger partial charge in [0.1, 0.15) is 0 Å². The summed E-state index contributed by atoms with van der Waals surface area (Å²) in [6, 6.07) is 13.7. The standard InChI is InChI=1S/C18H18N4O2/c1-11(21-18(24)17(19)23)15-10-20-22(12(15)2)16-9-5-7-13-6-3-4-8-14(13)16/h3-11H,1-2H3,(H2,19,23)(H,21,24)/t11-/m1/s1. The Hall–Kier alpha value is -3.15. The number of hydrogen-bond acceptors (Lipinski definition) is 3. The smallest absolute Gasteiger partial charge is 0.309 e. The Bertz CT molecular complexity index is 924. The molecule has 0 aliphatic carbocycles. The van der Waals surface area contributed by atoms with E-state index in [0.29, 0.717) is 0 Å². The van der Waals surface area contributed by atoms with Crippen molar-refractivity contribution in [2.75, 3.05) is 0 Å². The molecule has 1 heterocycles. The Morgan fingerprint density at radius 3 is 2.62 bits per heavy atom. The van der Waals surface area contributed by atoms with E-state index in [4.69, 9.17) is 5.73 Å². The lowest BCUT2D eigenvalue weighted by Crippen LogP contribution is -2.37. The second-order valence-electron chi connectivity index (χ2n) is 5.65. The predicted molar refractivity (Wildman–Crippen MR) is 91.6 cm³/mol. The van der Waals surface area contributed by atoms with Gasteiger partial charge in [-0.25, -0.2) is 4.68 Å². The number of hydrogen-bond donors (Lipinski definition) is 2. The number of amides is 2. The summed E-state index contributed by atoms with van der Waals surface area (Å²) in [6.45, 7) is 3.72. The lowest BCUT2D eigenvalue weighted by molar-refractivity contribution is -0.137. The van der Waals surface area contributed by atoms with Gasteiger partial charge in [-0.3, -0.25) is 9.59 Å². The third-order valence-electron chi connectivity index (χ3n) is 4.08. The van der Waals surface area contributed by atoms with E-state index in [0.717, 1.165) is 27.7 Å². The second kappa shape index (κ2) is 6.16. The van der Waals surface area contributed by atoms with Gasteiger partial charge in [-0.05, 0) is 25.3 Å². The molecule has 0 saturated heterocycles. The number of nitrogens with two attached hydrogens (primary N) is 1. The van der Waals surface area contributed by atoms with Crippen LogP contribution in [0.2, 0.25) is 0 Å². The van der Waals surface area contributed by atoms with Gasteiger partial charge in [0.05, 0.1) is 17.9 Å². The number of benzene rings is 2. The molecule has 3 rings (SSSR count). The molecule has 0 saturated carbocycles. The highest BCUT2D eigenvalue weighted by molar-refractivity contribution is 6.34. The van der Waals surface area contributed by atoms with Crippen molar-refractivity contribution in [3.05, 3.63) is 59.9 Å². The monoisotopic (exact) mass is 322 g/mol. The van der Waals surface area contributed by atoms with Crippen LogP contribution in [0.15, 0.2) is 48.7 Å². The fourth-order valence-corrected chi connectivity index (χ4v) is 2.83. The van der Waals surface area contributed by atoms with Crippen LogP contribution in [0.1, 0.15) is 24.2 Å². The van der Waals surface area contributed by atoms with Crippen LogP contribution in [-0.2, 0) is 9.59 Å². The third kappa shape index (κ3) is 2.74. The largest absolute Gasteiger partial charge is 0.361 e. The summed E-state index contributed by atoms with van der Waals surface area (Å²) in [5.41, 5.74) is 7.67. The van der Waals surface area contributed by atoms with E-state index >= 15 is 0 Å². The first kappa shape index (κ1) is 15.7. The van der Waals surface area contributed by atoms with Crippen LogP contribution in [0.3, 0.4) is 0 Å². The molecule has 2 amide bonds. The highest BCUT2D eigenvalue weighted by Crippen LogP contribution is 2.25. The van der Waals surface area contributed by atoms with Crippen LogP contribution >= 0.6 is 0 Å². The summed E-state index contributed by atoms with van der Waals surface area (Å²) in [5, 5.41) is 9.25. The maximum absolute atomic E-state index is 11.5. The first-order valence-corrected chi connectivity index (χ1v) is 7.62. The summed E-state index contributed by atoms with van der Waals surface area (Å²) in [7, 11) is 0. The minimum atomic E-state index is -0.999. The van der Waals surface area contributed by atoms with Crippen molar-refractivity contribution in [3.8, 4) is 5.69 Å². The SMILES string of the molecule is Cc1c([C@@H](C)NC(=O)C(N)=O)cnn1-c1cccc2ccccc12. The Balaban J connectivity index is 2.01. The highest BCUT2D eigenvalue weighted by Gasteiger charge is 2.19. The zero-order valence-corrected chi connectivity index (χ0v) is 13.5. The molecule has 0 bridgehead atoms. The van der Waals surface area contributed by atoms with Crippen molar-refractivity contribution in [2.45, 2.75) is 19.9 Å². The number of rotatable bonds is 3. The average Bonchev–Trinajstić information content (AvgIpc) is 2.95. The van der Waals surface area contributed by atoms with Crippen LogP contribution in [0.5, 0.6) is 0 Å². The van der Waals surface area contributed by atoms with E-state index in [1.807, 2.05) is 54.1 Å². The molecule has 6 nitrogen and oxygen atoms in total. The van der Waals surface area contributed by atoms with Crippen molar-refractivity contribution in [3.63, 3.8) is 0 Å². The normalized spacial score (nSPS) is 12.1. The van der Waals surface area contributed by atoms with Gasteiger partial charge < -0.3 is 11.1 Å². The van der Waals surface area contributed by atoms with Gasteiger partial charge in [0, 0.05) is 16.6 Å². The van der Waals surface area contributed by atoms with Gasteiger partial charge in [0.15, 0.2) is 0 Å². The maximum Gasteiger partial charge on any atom is 0.309 e. The third-order valence-corrected chi connectivity index (χ3v) is 4.08. The first-order valence-electron chi connectivity index (χ1n) is 7.62. The lowest BCUT2D eigenvalue weighted by Gasteiger charge is -2.13. The predicted octanol–water partition coefficient (Wildman–Crippen LogP) is 2.00. The molecule has 0 fully saturated rings. The summed E-state index contributed by atoms with van der Waals surface area (Å²) in [4.78, 5) is 22.4. The van der Waals surface area contributed by atoms with Crippen molar-refractivity contribution in [1.29, 1.82) is 0 Å². The molecular weight excluding hydrogens is 304 g/mol. The van der Waals surface area contributed by atoms with E-state index < -0.39 is 11.8 Å². The Morgan fingerprint density at radius 2 is 1.88 bits per heavy atom. The van der Waals surface area contributed by atoms with Crippen molar-refractivity contribution in [2.24, 2.45) is 5.73 Å². The van der Waals surface area contributed by atoms with E-state index in [-0.39, 0.29) is 6.04 Å². The number of nitrogens with one attached hydrogen (secondary N) is 1. The molecule has 0 aliphatic rings. The molecule has 3 aromatic rings. The lowest BCUT2D eigenvalue weighted by atomic mass is 10.1. The minimum absolute atomic E-state index is 0.367. The Kier molecular flexibility index (Phi) is 4.04. The van der Waals surface area contributed by atoms with Crippen LogP contribution in [0.4, 0.5) is 0 Å². The van der Waals surface area contributed by atoms with Gasteiger partial charge in [0.2, 0.25) is 0 Å². The average molecular weight is 322 g/mol. The van der Waals surface area contributed by atoms with Gasteiger partial charge in [-0.1, -0.05) is 36.4 Å². The molecule has 2 aromatic carbocycles. The molecule has 0 radical (unpaired) electrons. The summed E-state index contributed by atoms with van der Waals surface area (Å²) in [6.07, 6.45) is 1.70. The van der Waals surface area contributed by atoms with Crippen molar-refractivity contribution < 1.29 is 9.59 Å². The summed E-state index contributed by atoms with van der Waals surface area (Å²) < 4.78 is 1.84. The number of fused-ring (bicyclic) bond motifs is 1. The van der Waals surface area contributed by atoms with Gasteiger partial charge in [-0.2, -0.15) is 5.10 Å². The number of nitrogens with zero attached hydrogens (tertiary/aromatic N) is 2. The molecule has 6 heteroatoms. The topological polar surface area (TPSA) is 90.0 Å². The Morgan fingerprint density at radius 1 is 1.17 bits per heavy atom. The molecule has 24 heavy (non-hydrogen) atoms. The van der Waals surface area contributed by atoms with Gasteiger partial charge in [-0.15, -0.1) is 0 Å². The van der Waals surface area contributed by atoms with E-state index in [2.05, 4.69) is 10.4 Å². The zero-order chi connectivity index (χ0) is 17.3. The van der Waals surface area contributed by atoms with Crippen LogP contribution < -0.4 is 11.1 Å². The van der Waals surface area contributed by atoms with Crippen molar-refractivity contribution >= 4 is 22.6 Å². The summed E-state index contributed by atoms with van der Waals surface area (Å²) >= 11 is 0. The minimum Gasteiger partial charge on any atom is -0.361 e. The van der Waals surface area contributed by atoms with Crippen LogP contribution in [-0.4, -0.2) is 21.6 Å². The van der Waals surface area contributed by atoms with E-state index in [1.165, 1.54) is 0 Å². The molecule has 0 spiro atoms. The van der Waals surface area contributed by atoms with Gasteiger partial charge in [0.25, 0.3) is 0 Å². The molecule has 3 N–H and O–H groups in total. The maximum atomic E-state index is 11.5. The molecule has 1 atom stereocenters. The molecule has 0 unspecified atom stereocenters. The molecule has 122 valence electrons. The second-order valence-corrected chi connectivity index (χ2v) is 5.65. The Labute approximate surface area is 139 Å². The van der Waals surface area contributed by atoms with E-state index in [9.17, 15) is 9.59 Å².